The van der Waals surface area contributed by atoms with E-state index in [9.17, 15) is 15.2 Å². The average Bonchev–Trinajstić information content (AvgIpc) is 2.76. The molecule has 2 fully saturated rings. The van der Waals surface area contributed by atoms with Gasteiger partial charge in [0.05, 0.1) is 27.8 Å². The molecule has 3 rings (SSSR count). The third-order valence-electron chi connectivity index (χ3n) is 3.58. The summed E-state index contributed by atoms with van der Waals surface area (Å²) in [6.45, 7) is 0. The van der Waals surface area contributed by atoms with Gasteiger partial charge in [-0.25, -0.2) is 0 Å². The summed E-state index contributed by atoms with van der Waals surface area (Å²) in [4.78, 5) is 13.8. The van der Waals surface area contributed by atoms with Gasteiger partial charge in [-0.2, -0.15) is 0 Å². The number of rotatable bonds is 4. The number of thioether (sulfide) groups is 2. The summed E-state index contributed by atoms with van der Waals surface area (Å²) in [5.41, 5.74) is 8.60. The van der Waals surface area contributed by atoms with Crippen LogP contribution in [0.2, 0.25) is 0 Å². The summed E-state index contributed by atoms with van der Waals surface area (Å²) in [5, 5.41) is 24.5. The highest BCUT2D eigenvalue weighted by Crippen LogP contribution is 2.45. The predicted molar refractivity (Wildman–Crippen MR) is 82.8 cm³/mol. The van der Waals surface area contributed by atoms with Gasteiger partial charge in [-0.3, -0.25) is 10.1 Å². The number of aliphatic hydroxyl groups is 1. The average molecular weight is 340 g/mol. The highest BCUT2D eigenvalue weighted by Gasteiger charge is 2.50. The van der Waals surface area contributed by atoms with Gasteiger partial charge in [0.15, 0.2) is 0 Å². The number of nitro benzene ring substituents is 1. The molecular weight excluding hydrogens is 328 g/mol. The van der Waals surface area contributed by atoms with Gasteiger partial charge in [0, 0.05) is 27.7 Å². The van der Waals surface area contributed by atoms with Crippen LogP contribution in [-0.2, 0) is 4.74 Å². The number of ether oxygens (including phenoxy) is 1. The molecule has 1 N–H and O–H groups in total. The van der Waals surface area contributed by atoms with E-state index >= 15 is 0 Å². The van der Waals surface area contributed by atoms with Crippen molar-refractivity contribution in [1.82, 2.24) is 0 Å². The van der Waals surface area contributed by atoms with Crippen LogP contribution in [0.15, 0.2) is 34.3 Å². The molecule has 0 aromatic heterocycles. The molecule has 8 nitrogen and oxygen atoms in total. The standard InChI is InChI=1S/C12H12N4O4S2/c13-15-14-9-8-5-21-12(11(20-8)10(9)17)22-7-3-1-6(2-4-7)16(18)19/h1-4,8-12,17H,5H2/t8-,9-,10+,11-,12-/m1/s1. The zero-order chi connectivity index (χ0) is 15.7. The van der Waals surface area contributed by atoms with E-state index in [0.29, 0.717) is 5.75 Å². The molecule has 0 unspecified atom stereocenters. The summed E-state index contributed by atoms with van der Waals surface area (Å²) in [6.07, 6.45) is -1.50. The Bertz CT molecular complexity index is 622. The number of hydrogen-bond donors (Lipinski definition) is 1. The van der Waals surface area contributed by atoms with Crippen LogP contribution in [0.4, 0.5) is 5.69 Å². The van der Waals surface area contributed by atoms with Crippen molar-refractivity contribution in [1.29, 1.82) is 0 Å². The molecule has 2 aliphatic rings. The fourth-order valence-corrected chi connectivity index (χ4v) is 5.34. The number of azide groups is 1. The van der Waals surface area contributed by atoms with Crippen molar-refractivity contribution < 1.29 is 14.8 Å². The Morgan fingerprint density at radius 3 is 2.86 bits per heavy atom. The first kappa shape index (κ1) is 15.4. The molecular formula is C12H12N4O4S2. The number of benzene rings is 1. The van der Waals surface area contributed by atoms with Crippen molar-refractivity contribution in [3.63, 3.8) is 0 Å². The maximum atomic E-state index is 10.6. The minimum atomic E-state index is -0.827. The zero-order valence-electron chi connectivity index (χ0n) is 11.2. The molecule has 0 radical (unpaired) electrons. The van der Waals surface area contributed by atoms with Crippen molar-refractivity contribution in [2.75, 3.05) is 5.75 Å². The second-order valence-corrected chi connectivity index (χ2v) is 7.58. The number of nitro groups is 1. The van der Waals surface area contributed by atoms with Crippen molar-refractivity contribution in [2.45, 2.75) is 33.8 Å². The van der Waals surface area contributed by atoms with Gasteiger partial charge in [-0.15, -0.1) is 23.5 Å². The lowest BCUT2D eigenvalue weighted by molar-refractivity contribution is -0.384. The third kappa shape index (κ3) is 2.88. The maximum Gasteiger partial charge on any atom is 0.269 e. The van der Waals surface area contributed by atoms with Crippen LogP contribution in [0.25, 0.3) is 10.4 Å². The first-order valence-electron chi connectivity index (χ1n) is 6.50. The van der Waals surface area contributed by atoms with Gasteiger partial charge in [0.1, 0.15) is 6.10 Å². The van der Waals surface area contributed by atoms with Gasteiger partial charge < -0.3 is 9.84 Å². The summed E-state index contributed by atoms with van der Waals surface area (Å²) in [7, 11) is 0. The van der Waals surface area contributed by atoms with Crippen LogP contribution in [0, 0.1) is 10.1 Å². The van der Waals surface area contributed by atoms with E-state index in [2.05, 4.69) is 10.0 Å². The van der Waals surface area contributed by atoms with Crippen LogP contribution in [0.5, 0.6) is 0 Å². The number of aliphatic hydroxyl groups excluding tert-OH is 1. The van der Waals surface area contributed by atoms with E-state index in [0.717, 1.165) is 4.90 Å². The highest BCUT2D eigenvalue weighted by molar-refractivity contribution is 8.17. The predicted octanol–water partition coefficient (Wildman–Crippen LogP) is 2.57. The lowest BCUT2D eigenvalue weighted by Gasteiger charge is -2.29. The molecule has 1 aromatic carbocycles. The number of non-ortho nitro benzene ring substituents is 1. The van der Waals surface area contributed by atoms with Crippen LogP contribution < -0.4 is 0 Å². The normalized spacial score (nSPS) is 33.2. The van der Waals surface area contributed by atoms with E-state index < -0.39 is 23.2 Å². The fraction of sp³-hybridized carbons (Fsp3) is 0.500. The second-order valence-electron chi connectivity index (χ2n) is 4.90. The smallest absolute Gasteiger partial charge is 0.269 e. The van der Waals surface area contributed by atoms with Crippen LogP contribution in [0.1, 0.15) is 0 Å². The van der Waals surface area contributed by atoms with E-state index in [4.69, 9.17) is 10.3 Å². The quantitative estimate of drug-likeness (QED) is 0.295. The Kier molecular flexibility index (Phi) is 4.46. The van der Waals surface area contributed by atoms with E-state index in [-0.39, 0.29) is 16.4 Å². The van der Waals surface area contributed by atoms with E-state index in [1.165, 1.54) is 23.9 Å². The van der Waals surface area contributed by atoms with Crippen LogP contribution in [-0.4, -0.2) is 44.7 Å². The maximum absolute atomic E-state index is 10.6. The molecule has 0 spiro atoms. The van der Waals surface area contributed by atoms with Crippen LogP contribution >= 0.6 is 23.5 Å². The largest absolute Gasteiger partial charge is 0.390 e. The van der Waals surface area contributed by atoms with Crippen LogP contribution in [0.3, 0.4) is 0 Å². The monoisotopic (exact) mass is 340 g/mol. The Labute approximate surface area is 134 Å². The van der Waals surface area contributed by atoms with E-state index in [1.54, 1.807) is 23.9 Å². The Hall–Kier alpha value is -1.45. The molecule has 2 aliphatic heterocycles. The third-order valence-corrected chi connectivity index (χ3v) is 6.44. The molecule has 0 saturated carbocycles. The number of nitrogens with zero attached hydrogens (tertiary/aromatic N) is 4. The minimum Gasteiger partial charge on any atom is -0.390 e. The first-order chi connectivity index (χ1) is 10.6. The number of hydrogen-bond acceptors (Lipinski definition) is 7. The van der Waals surface area contributed by atoms with Crippen molar-refractivity contribution in [3.05, 3.63) is 44.8 Å². The molecule has 5 atom stereocenters. The van der Waals surface area contributed by atoms with Gasteiger partial charge in [0.25, 0.3) is 5.69 Å². The molecule has 1 aromatic rings. The first-order valence-corrected chi connectivity index (χ1v) is 8.43. The van der Waals surface area contributed by atoms with Crippen molar-refractivity contribution in [2.24, 2.45) is 5.11 Å². The number of fused-ring (bicyclic) bond motifs is 2. The highest BCUT2D eigenvalue weighted by atomic mass is 32.2. The molecule has 2 heterocycles. The molecule has 0 amide bonds. The van der Waals surface area contributed by atoms with Gasteiger partial charge >= 0.3 is 0 Å². The summed E-state index contributed by atoms with van der Waals surface area (Å²) >= 11 is 3.13. The Morgan fingerprint density at radius 2 is 2.23 bits per heavy atom. The topological polar surface area (TPSA) is 121 Å². The Morgan fingerprint density at radius 1 is 1.50 bits per heavy atom. The molecule has 2 bridgehead atoms. The lowest BCUT2D eigenvalue weighted by atomic mass is 10.1. The molecule has 0 aliphatic carbocycles. The Balaban J connectivity index is 1.71. The van der Waals surface area contributed by atoms with Gasteiger partial charge in [-0.1, -0.05) is 5.11 Å². The fourth-order valence-electron chi connectivity index (χ4n) is 2.51. The summed E-state index contributed by atoms with van der Waals surface area (Å²) in [5.74, 6) is 0.641. The SMILES string of the molecule is [N-]=[N+]=N[C@H]1[C@H](O)[C@H]2O[C@@H]1CS[C@@H]2Sc1ccc([N+](=O)[O-])cc1. The molecule has 2 saturated heterocycles. The molecule has 10 heteroatoms. The van der Waals surface area contributed by atoms with E-state index in [1.807, 2.05) is 0 Å². The summed E-state index contributed by atoms with van der Waals surface area (Å²) < 4.78 is 5.71. The second kappa shape index (κ2) is 6.35. The van der Waals surface area contributed by atoms with Gasteiger partial charge in [-0.05, 0) is 17.7 Å². The molecule has 116 valence electrons. The summed E-state index contributed by atoms with van der Waals surface area (Å²) in [6, 6.07) is 5.72. The minimum absolute atomic E-state index is 0.0429. The zero-order valence-corrected chi connectivity index (χ0v) is 12.8. The van der Waals surface area contributed by atoms with Crippen molar-refractivity contribution in [3.8, 4) is 0 Å². The van der Waals surface area contributed by atoms with Crippen molar-refractivity contribution >= 4 is 29.2 Å². The lowest BCUT2D eigenvalue weighted by Crippen LogP contribution is -2.34. The molecule has 22 heavy (non-hydrogen) atoms. The van der Waals surface area contributed by atoms with Gasteiger partial charge in [0.2, 0.25) is 0 Å².